The van der Waals surface area contributed by atoms with Gasteiger partial charge in [-0.3, -0.25) is 0 Å². The van der Waals surface area contributed by atoms with E-state index in [-0.39, 0.29) is 5.04 Å². The molecular weight excluding hydrogens is 392 g/mol. The first kappa shape index (κ1) is 22.7. The van der Waals surface area contributed by atoms with Gasteiger partial charge in [0.1, 0.15) is 5.75 Å². The van der Waals surface area contributed by atoms with Crippen LogP contribution in [0.1, 0.15) is 57.8 Å². The van der Waals surface area contributed by atoms with Crippen molar-refractivity contribution in [1.82, 2.24) is 9.80 Å². The van der Waals surface area contributed by atoms with Gasteiger partial charge in [-0.05, 0) is 83.4 Å². The number of rotatable bonds is 6. The van der Waals surface area contributed by atoms with Gasteiger partial charge in [0.25, 0.3) is 0 Å². The standard InChI is InChI=1S/C20H37BrN2OSi/c1-14(22(6)7)17-12-16(24-25(10,11)20(3,4)5)13-18(19(17)21)15(2)23(8)9/h12-15H,1-11H3/t14-,15-/m0/s1. The van der Waals surface area contributed by atoms with E-state index in [4.69, 9.17) is 4.43 Å². The van der Waals surface area contributed by atoms with Gasteiger partial charge in [-0.25, -0.2) is 0 Å². The molecule has 0 aliphatic carbocycles. The summed E-state index contributed by atoms with van der Waals surface area (Å²) in [5.41, 5.74) is 2.56. The Morgan fingerprint density at radius 3 is 1.56 bits per heavy atom. The van der Waals surface area contributed by atoms with Crippen LogP contribution < -0.4 is 4.43 Å². The van der Waals surface area contributed by atoms with Crippen LogP contribution in [0.5, 0.6) is 5.75 Å². The fraction of sp³-hybridized carbons (Fsp3) is 0.700. The molecule has 25 heavy (non-hydrogen) atoms. The van der Waals surface area contributed by atoms with Crippen LogP contribution in [0.4, 0.5) is 0 Å². The molecule has 0 radical (unpaired) electrons. The van der Waals surface area contributed by atoms with E-state index in [0.717, 1.165) is 5.75 Å². The second-order valence-corrected chi connectivity index (χ2v) is 14.6. The minimum atomic E-state index is -1.88. The van der Waals surface area contributed by atoms with E-state index in [2.05, 4.69) is 114 Å². The van der Waals surface area contributed by atoms with Gasteiger partial charge in [0.05, 0.1) is 0 Å². The second kappa shape index (κ2) is 8.11. The lowest BCUT2D eigenvalue weighted by molar-refractivity contribution is 0.310. The van der Waals surface area contributed by atoms with Crippen molar-refractivity contribution in [3.8, 4) is 5.75 Å². The molecule has 1 aromatic rings. The summed E-state index contributed by atoms with van der Waals surface area (Å²) in [6.45, 7) is 15.9. The monoisotopic (exact) mass is 428 g/mol. The fourth-order valence-electron chi connectivity index (χ4n) is 2.31. The molecule has 0 heterocycles. The lowest BCUT2D eigenvalue weighted by Crippen LogP contribution is -2.44. The van der Waals surface area contributed by atoms with Gasteiger partial charge in [0.15, 0.2) is 0 Å². The molecule has 0 unspecified atom stereocenters. The Morgan fingerprint density at radius 1 is 0.920 bits per heavy atom. The molecule has 5 heteroatoms. The topological polar surface area (TPSA) is 15.7 Å². The largest absolute Gasteiger partial charge is 0.543 e. The first-order valence-corrected chi connectivity index (χ1v) is 12.7. The molecular formula is C20H37BrN2OSi. The summed E-state index contributed by atoms with van der Waals surface area (Å²) in [4.78, 5) is 4.47. The number of halogens is 1. The Morgan fingerprint density at radius 2 is 1.28 bits per heavy atom. The molecule has 0 aromatic heterocycles. The predicted octanol–water partition coefficient (Wildman–Crippen LogP) is 6.08. The van der Waals surface area contributed by atoms with E-state index in [1.165, 1.54) is 15.6 Å². The van der Waals surface area contributed by atoms with Gasteiger partial charge in [0, 0.05) is 16.6 Å². The Kier molecular flexibility index (Phi) is 7.36. The third kappa shape index (κ3) is 5.31. The summed E-state index contributed by atoms with van der Waals surface area (Å²) in [5.74, 6) is 1.00. The molecule has 0 aliphatic rings. The Labute approximate surface area is 165 Å². The van der Waals surface area contributed by atoms with E-state index in [1.54, 1.807) is 0 Å². The summed E-state index contributed by atoms with van der Waals surface area (Å²) >= 11 is 3.87. The van der Waals surface area contributed by atoms with Gasteiger partial charge in [-0.15, -0.1) is 0 Å². The number of benzene rings is 1. The minimum absolute atomic E-state index is 0.181. The van der Waals surface area contributed by atoms with Crippen molar-refractivity contribution in [2.75, 3.05) is 28.2 Å². The maximum Gasteiger partial charge on any atom is 0.250 e. The Balaban J connectivity index is 3.49. The molecule has 3 nitrogen and oxygen atoms in total. The normalized spacial score (nSPS) is 15.6. The van der Waals surface area contributed by atoms with Crippen molar-refractivity contribution in [3.63, 3.8) is 0 Å². The van der Waals surface area contributed by atoms with Crippen molar-refractivity contribution in [1.29, 1.82) is 0 Å². The van der Waals surface area contributed by atoms with Crippen LogP contribution in [0.3, 0.4) is 0 Å². The third-order valence-electron chi connectivity index (χ3n) is 5.73. The van der Waals surface area contributed by atoms with Crippen LogP contribution in [0.15, 0.2) is 16.6 Å². The Bertz CT molecular complexity index is 559. The molecule has 0 aliphatic heterocycles. The second-order valence-electron chi connectivity index (χ2n) is 9.06. The molecule has 0 saturated carbocycles. The fourth-order valence-corrected chi connectivity index (χ4v) is 4.22. The molecule has 144 valence electrons. The predicted molar refractivity (Wildman–Crippen MR) is 116 cm³/mol. The average molecular weight is 430 g/mol. The first-order chi connectivity index (χ1) is 11.2. The van der Waals surface area contributed by atoms with Crippen LogP contribution in [0.25, 0.3) is 0 Å². The molecule has 1 aromatic carbocycles. The summed E-state index contributed by atoms with van der Waals surface area (Å²) in [7, 11) is 6.60. The van der Waals surface area contributed by atoms with Crippen LogP contribution in [0.2, 0.25) is 18.1 Å². The number of nitrogens with zero attached hydrogens (tertiary/aromatic N) is 2. The molecule has 0 amide bonds. The molecule has 0 spiro atoms. The zero-order valence-corrected chi connectivity index (χ0v) is 20.6. The van der Waals surface area contributed by atoms with Crippen LogP contribution in [-0.2, 0) is 0 Å². The van der Waals surface area contributed by atoms with E-state index in [1.807, 2.05) is 0 Å². The van der Waals surface area contributed by atoms with Gasteiger partial charge in [0.2, 0.25) is 8.32 Å². The van der Waals surface area contributed by atoms with Crippen LogP contribution >= 0.6 is 15.9 Å². The van der Waals surface area contributed by atoms with Crippen molar-refractivity contribution < 1.29 is 4.43 Å². The molecule has 0 saturated heterocycles. The van der Waals surface area contributed by atoms with E-state index in [0.29, 0.717) is 12.1 Å². The minimum Gasteiger partial charge on any atom is -0.543 e. The highest BCUT2D eigenvalue weighted by atomic mass is 79.9. The lowest BCUT2D eigenvalue weighted by Gasteiger charge is -2.37. The number of hydrogen-bond donors (Lipinski definition) is 0. The summed E-state index contributed by atoms with van der Waals surface area (Å²) in [6, 6.07) is 5.07. The van der Waals surface area contributed by atoms with Crippen LogP contribution in [0, 0.1) is 0 Å². The Hall–Kier alpha value is -0.363. The van der Waals surface area contributed by atoms with E-state index >= 15 is 0 Å². The highest BCUT2D eigenvalue weighted by molar-refractivity contribution is 9.10. The molecule has 2 atom stereocenters. The summed E-state index contributed by atoms with van der Waals surface area (Å²) in [5, 5.41) is 0.181. The molecule has 0 fully saturated rings. The SMILES string of the molecule is C[C@@H](c1cc(O[Si](C)(C)C(C)(C)C)cc([C@H](C)N(C)C)c1Br)N(C)C. The maximum absolute atomic E-state index is 6.64. The number of hydrogen-bond acceptors (Lipinski definition) is 3. The van der Waals surface area contributed by atoms with Crippen LogP contribution in [-0.4, -0.2) is 46.3 Å². The van der Waals surface area contributed by atoms with E-state index in [9.17, 15) is 0 Å². The molecule has 0 N–H and O–H groups in total. The zero-order chi connectivity index (χ0) is 19.7. The highest BCUT2D eigenvalue weighted by Gasteiger charge is 2.39. The molecule has 0 bridgehead atoms. The zero-order valence-electron chi connectivity index (χ0n) is 18.0. The first-order valence-electron chi connectivity index (χ1n) is 9.04. The van der Waals surface area contributed by atoms with Crippen molar-refractivity contribution in [2.24, 2.45) is 0 Å². The van der Waals surface area contributed by atoms with Crippen molar-refractivity contribution in [2.45, 2.75) is 64.8 Å². The third-order valence-corrected chi connectivity index (χ3v) is 11.0. The highest BCUT2D eigenvalue weighted by Crippen LogP contribution is 2.41. The van der Waals surface area contributed by atoms with Gasteiger partial charge in [-0.2, -0.15) is 0 Å². The average Bonchev–Trinajstić information content (AvgIpc) is 2.45. The van der Waals surface area contributed by atoms with Crippen molar-refractivity contribution >= 4 is 24.2 Å². The summed E-state index contributed by atoms with van der Waals surface area (Å²) < 4.78 is 7.84. The quantitative estimate of drug-likeness (QED) is 0.510. The maximum atomic E-state index is 6.64. The lowest BCUT2D eigenvalue weighted by atomic mass is 9.99. The van der Waals surface area contributed by atoms with E-state index < -0.39 is 8.32 Å². The smallest absolute Gasteiger partial charge is 0.250 e. The van der Waals surface area contributed by atoms with Gasteiger partial charge >= 0.3 is 0 Å². The van der Waals surface area contributed by atoms with Gasteiger partial charge < -0.3 is 14.2 Å². The van der Waals surface area contributed by atoms with Crippen molar-refractivity contribution in [3.05, 3.63) is 27.7 Å². The van der Waals surface area contributed by atoms with Gasteiger partial charge in [-0.1, -0.05) is 36.7 Å². The molecule has 1 rings (SSSR count). The summed E-state index contributed by atoms with van der Waals surface area (Å²) in [6.07, 6.45) is 0.